The summed E-state index contributed by atoms with van der Waals surface area (Å²) in [6.07, 6.45) is 3.49. The molecule has 5 heteroatoms. The molecular formula is C12H20N2O3. The predicted molar refractivity (Wildman–Crippen MR) is 61.4 cm³/mol. The van der Waals surface area contributed by atoms with E-state index in [4.69, 9.17) is 9.47 Å². The third-order valence-corrected chi connectivity index (χ3v) is 4.31. The number of ether oxygens (including phenoxy) is 2. The van der Waals surface area contributed by atoms with Crippen LogP contribution in [0.1, 0.15) is 25.7 Å². The van der Waals surface area contributed by atoms with Crippen LogP contribution in [0.4, 0.5) is 0 Å². The highest BCUT2D eigenvalue weighted by Gasteiger charge is 2.48. The van der Waals surface area contributed by atoms with E-state index < -0.39 is 0 Å². The Morgan fingerprint density at radius 2 is 1.94 bits per heavy atom. The average Bonchev–Trinajstić information content (AvgIpc) is 2.91. The second-order valence-electron chi connectivity index (χ2n) is 5.32. The molecule has 1 amide bonds. The molecule has 3 aliphatic heterocycles. The Balaban J connectivity index is 1.69. The van der Waals surface area contributed by atoms with Crippen LogP contribution in [-0.2, 0) is 14.3 Å². The number of nitrogens with one attached hydrogen (secondary N) is 2. The summed E-state index contributed by atoms with van der Waals surface area (Å²) in [6, 6.07) is 0.222. The zero-order chi connectivity index (χ0) is 11.7. The molecule has 1 atom stereocenters. The molecule has 1 unspecified atom stereocenters. The monoisotopic (exact) mass is 240 g/mol. The first-order valence-electron chi connectivity index (χ1n) is 6.52. The molecule has 0 aromatic heterocycles. The summed E-state index contributed by atoms with van der Waals surface area (Å²) in [5, 5.41) is 6.48. The number of hydrogen-bond donors (Lipinski definition) is 2. The van der Waals surface area contributed by atoms with Crippen LogP contribution in [0.5, 0.6) is 0 Å². The van der Waals surface area contributed by atoms with Crippen molar-refractivity contribution in [2.75, 3.05) is 26.3 Å². The fourth-order valence-corrected chi connectivity index (χ4v) is 3.34. The Bertz CT molecular complexity index is 296. The fourth-order valence-electron chi connectivity index (χ4n) is 3.34. The quantitative estimate of drug-likeness (QED) is 0.714. The lowest BCUT2D eigenvalue weighted by Gasteiger charge is -2.38. The minimum absolute atomic E-state index is 0.120. The number of rotatable bonds is 2. The topological polar surface area (TPSA) is 59.6 Å². The molecule has 0 aliphatic carbocycles. The van der Waals surface area contributed by atoms with Crippen LogP contribution in [-0.4, -0.2) is 44.5 Å². The van der Waals surface area contributed by atoms with Gasteiger partial charge >= 0.3 is 0 Å². The van der Waals surface area contributed by atoms with Gasteiger partial charge in [0.2, 0.25) is 5.91 Å². The van der Waals surface area contributed by atoms with Crippen LogP contribution >= 0.6 is 0 Å². The minimum atomic E-state index is -0.120. The Morgan fingerprint density at radius 1 is 1.24 bits per heavy atom. The molecule has 3 rings (SSSR count). The van der Waals surface area contributed by atoms with Crippen LogP contribution in [0.25, 0.3) is 0 Å². The van der Waals surface area contributed by atoms with E-state index in [1.54, 1.807) is 0 Å². The molecular weight excluding hydrogens is 220 g/mol. The summed E-state index contributed by atoms with van der Waals surface area (Å²) < 4.78 is 11.0. The van der Waals surface area contributed by atoms with E-state index in [1.807, 2.05) is 0 Å². The Labute approximate surface area is 101 Å². The van der Waals surface area contributed by atoms with Gasteiger partial charge in [0.25, 0.3) is 0 Å². The number of carbonyl (C=O) groups is 1. The van der Waals surface area contributed by atoms with Gasteiger partial charge < -0.3 is 20.1 Å². The van der Waals surface area contributed by atoms with E-state index in [-0.39, 0.29) is 23.7 Å². The Hall–Kier alpha value is -0.650. The Kier molecular flexibility index (Phi) is 3.06. The third-order valence-electron chi connectivity index (χ3n) is 4.31. The van der Waals surface area contributed by atoms with Crippen molar-refractivity contribution in [3.05, 3.63) is 0 Å². The highest BCUT2D eigenvalue weighted by atomic mass is 16.7. The molecule has 0 saturated carbocycles. The molecule has 3 aliphatic rings. The lowest BCUT2D eigenvalue weighted by Crippen LogP contribution is -2.46. The van der Waals surface area contributed by atoms with Crippen molar-refractivity contribution in [3.8, 4) is 0 Å². The van der Waals surface area contributed by atoms with Crippen LogP contribution in [0, 0.1) is 5.41 Å². The zero-order valence-electron chi connectivity index (χ0n) is 10.0. The molecule has 3 fully saturated rings. The van der Waals surface area contributed by atoms with Crippen LogP contribution in [0.15, 0.2) is 0 Å². The van der Waals surface area contributed by atoms with Gasteiger partial charge in [-0.2, -0.15) is 0 Å². The first-order chi connectivity index (χ1) is 8.28. The van der Waals surface area contributed by atoms with Gasteiger partial charge in [0, 0.05) is 24.3 Å². The summed E-state index contributed by atoms with van der Waals surface area (Å²) in [5.41, 5.74) is 0.137. The normalized spacial score (nSPS) is 33.2. The third kappa shape index (κ3) is 2.19. The highest BCUT2D eigenvalue weighted by Crippen LogP contribution is 2.42. The van der Waals surface area contributed by atoms with Crippen molar-refractivity contribution >= 4 is 5.91 Å². The summed E-state index contributed by atoms with van der Waals surface area (Å²) in [4.78, 5) is 11.7. The standard InChI is InChI=1S/C12H20N2O3/c15-10-8-12(1-3-13-4-2-12)9(14-10)7-11-16-5-6-17-11/h9,11,13H,1-8H2,(H,14,15). The van der Waals surface area contributed by atoms with E-state index in [2.05, 4.69) is 10.6 Å². The lowest BCUT2D eigenvalue weighted by molar-refractivity contribution is -0.120. The molecule has 17 heavy (non-hydrogen) atoms. The first-order valence-corrected chi connectivity index (χ1v) is 6.52. The molecule has 0 bridgehead atoms. The van der Waals surface area contributed by atoms with E-state index >= 15 is 0 Å². The number of amides is 1. The molecule has 5 nitrogen and oxygen atoms in total. The summed E-state index contributed by atoms with van der Waals surface area (Å²) in [6.45, 7) is 3.38. The van der Waals surface area contributed by atoms with Gasteiger partial charge in [-0.05, 0) is 25.9 Å². The van der Waals surface area contributed by atoms with Crippen molar-refractivity contribution in [2.45, 2.75) is 38.0 Å². The van der Waals surface area contributed by atoms with Crippen molar-refractivity contribution < 1.29 is 14.3 Å². The molecule has 2 N–H and O–H groups in total. The fraction of sp³-hybridized carbons (Fsp3) is 0.917. The van der Waals surface area contributed by atoms with Gasteiger partial charge in [0.1, 0.15) is 0 Å². The van der Waals surface area contributed by atoms with Gasteiger partial charge in [-0.1, -0.05) is 0 Å². The zero-order valence-corrected chi connectivity index (χ0v) is 10.0. The first kappa shape index (κ1) is 11.4. The maximum atomic E-state index is 11.7. The highest BCUT2D eigenvalue weighted by molar-refractivity contribution is 5.80. The van der Waals surface area contributed by atoms with Crippen molar-refractivity contribution in [3.63, 3.8) is 0 Å². The van der Waals surface area contributed by atoms with Gasteiger partial charge in [0.15, 0.2) is 6.29 Å². The van der Waals surface area contributed by atoms with Crippen LogP contribution in [0.2, 0.25) is 0 Å². The summed E-state index contributed by atoms with van der Waals surface area (Å²) >= 11 is 0. The van der Waals surface area contributed by atoms with Gasteiger partial charge in [-0.25, -0.2) is 0 Å². The second-order valence-corrected chi connectivity index (χ2v) is 5.32. The molecule has 1 spiro atoms. The van der Waals surface area contributed by atoms with Crippen molar-refractivity contribution in [2.24, 2.45) is 5.41 Å². The molecule has 0 aromatic carbocycles. The largest absolute Gasteiger partial charge is 0.353 e. The number of piperidine rings is 1. The van der Waals surface area contributed by atoms with E-state index in [0.29, 0.717) is 19.6 Å². The maximum Gasteiger partial charge on any atom is 0.220 e. The van der Waals surface area contributed by atoms with Gasteiger partial charge in [-0.15, -0.1) is 0 Å². The second kappa shape index (κ2) is 4.55. The molecule has 0 radical (unpaired) electrons. The Morgan fingerprint density at radius 3 is 2.65 bits per heavy atom. The lowest BCUT2D eigenvalue weighted by atomic mass is 9.72. The maximum absolute atomic E-state index is 11.7. The van der Waals surface area contributed by atoms with Crippen molar-refractivity contribution in [1.29, 1.82) is 0 Å². The number of hydrogen-bond acceptors (Lipinski definition) is 4. The molecule has 3 saturated heterocycles. The van der Waals surface area contributed by atoms with Crippen molar-refractivity contribution in [1.82, 2.24) is 10.6 Å². The number of carbonyl (C=O) groups excluding carboxylic acids is 1. The molecule has 96 valence electrons. The molecule has 3 heterocycles. The van der Waals surface area contributed by atoms with Gasteiger partial charge in [0.05, 0.1) is 13.2 Å². The van der Waals surface area contributed by atoms with Crippen LogP contribution in [0.3, 0.4) is 0 Å². The van der Waals surface area contributed by atoms with Gasteiger partial charge in [-0.3, -0.25) is 4.79 Å². The smallest absolute Gasteiger partial charge is 0.220 e. The van der Waals surface area contributed by atoms with E-state index in [0.717, 1.165) is 32.4 Å². The van der Waals surface area contributed by atoms with E-state index in [1.165, 1.54) is 0 Å². The predicted octanol–water partition coefficient (Wildman–Crippen LogP) is 0.00770. The SMILES string of the molecule is O=C1CC2(CCNCC2)C(CC2OCCO2)N1. The summed E-state index contributed by atoms with van der Waals surface area (Å²) in [7, 11) is 0. The summed E-state index contributed by atoms with van der Waals surface area (Å²) in [5.74, 6) is 0.190. The average molecular weight is 240 g/mol. The minimum Gasteiger partial charge on any atom is -0.353 e. The van der Waals surface area contributed by atoms with Crippen LogP contribution < -0.4 is 10.6 Å². The van der Waals surface area contributed by atoms with E-state index in [9.17, 15) is 4.79 Å². The molecule has 0 aromatic rings.